The largest absolute Gasteiger partial charge is 0.290 e. The van der Waals surface area contributed by atoms with Crippen LogP contribution in [0.3, 0.4) is 0 Å². The third-order valence-corrected chi connectivity index (χ3v) is 4.76. The molecule has 0 bridgehead atoms. The second-order valence-electron chi connectivity index (χ2n) is 4.57. The lowest BCUT2D eigenvalue weighted by Gasteiger charge is -2.10. The minimum Gasteiger partial charge on any atom is -0.267 e. The molecule has 0 saturated carbocycles. The van der Waals surface area contributed by atoms with E-state index in [4.69, 9.17) is 46.4 Å². The molecule has 24 heavy (non-hydrogen) atoms. The van der Waals surface area contributed by atoms with Gasteiger partial charge in [-0.2, -0.15) is 0 Å². The molecule has 1 amide bonds. The fourth-order valence-corrected chi connectivity index (χ4v) is 2.76. The van der Waals surface area contributed by atoms with E-state index in [1.807, 2.05) is 0 Å². The van der Waals surface area contributed by atoms with Crippen molar-refractivity contribution in [2.24, 2.45) is 0 Å². The van der Waals surface area contributed by atoms with Gasteiger partial charge in [-0.3, -0.25) is 15.0 Å². The van der Waals surface area contributed by atoms with Crippen molar-refractivity contribution in [3.8, 4) is 0 Å². The molecule has 3 rings (SSSR count). The van der Waals surface area contributed by atoms with Crippen molar-refractivity contribution in [1.29, 1.82) is 0 Å². The average molecular weight is 404 g/mol. The molecule has 1 aromatic carbocycles. The Morgan fingerprint density at radius 3 is 2.50 bits per heavy atom. The first-order chi connectivity index (χ1) is 11.4. The van der Waals surface area contributed by atoms with Crippen molar-refractivity contribution in [1.82, 2.24) is 14.6 Å². The van der Waals surface area contributed by atoms with Gasteiger partial charge in [-0.25, -0.2) is 14.6 Å². The highest BCUT2D eigenvalue weighted by atomic mass is 35.5. The molecule has 2 aromatic heterocycles. The number of carbonyl (C=O) groups is 1. The van der Waals surface area contributed by atoms with E-state index in [9.17, 15) is 9.59 Å². The maximum Gasteiger partial charge on any atom is 0.290 e. The van der Waals surface area contributed by atoms with Gasteiger partial charge in [-0.1, -0.05) is 58.5 Å². The Morgan fingerprint density at radius 2 is 1.75 bits per heavy atom. The van der Waals surface area contributed by atoms with Crippen LogP contribution in [0, 0.1) is 0 Å². The van der Waals surface area contributed by atoms with Gasteiger partial charge in [0.15, 0.2) is 5.69 Å². The summed E-state index contributed by atoms with van der Waals surface area (Å²) in [6.07, 6.45) is 1.18. The zero-order valence-electron chi connectivity index (χ0n) is 11.6. The topological polar surface area (TPSA) is 76.9 Å². The van der Waals surface area contributed by atoms with Crippen molar-refractivity contribution in [3.63, 3.8) is 0 Å². The molecule has 0 spiro atoms. The summed E-state index contributed by atoms with van der Waals surface area (Å²) in [5, 5.41) is -0.186. The number of rotatable bonds is 2. The predicted octanol–water partition coefficient (Wildman–Crippen LogP) is 3.79. The van der Waals surface area contributed by atoms with Crippen molar-refractivity contribution in [2.75, 3.05) is 5.43 Å². The van der Waals surface area contributed by atoms with Gasteiger partial charge in [0, 0.05) is 0 Å². The number of nitrogens with zero attached hydrogens (tertiary/aromatic N) is 3. The van der Waals surface area contributed by atoms with Crippen molar-refractivity contribution in [3.05, 3.63) is 66.9 Å². The summed E-state index contributed by atoms with van der Waals surface area (Å²) in [6, 6.07) is 6.71. The minimum absolute atomic E-state index is 0.0653. The Balaban J connectivity index is 2.02. The molecule has 0 atom stereocenters. The average Bonchev–Trinajstić information content (AvgIpc) is 2.58. The summed E-state index contributed by atoms with van der Waals surface area (Å²) >= 11 is 23.5. The summed E-state index contributed by atoms with van der Waals surface area (Å²) in [5.41, 5.74) is 2.10. The monoisotopic (exact) mass is 402 g/mol. The van der Waals surface area contributed by atoms with Crippen LogP contribution in [-0.4, -0.2) is 20.6 Å². The Labute approximate surface area is 154 Å². The van der Waals surface area contributed by atoms with Crippen LogP contribution in [0.25, 0.3) is 10.9 Å². The first-order valence-corrected chi connectivity index (χ1v) is 7.89. The quantitative estimate of drug-likeness (QED) is 0.660. The van der Waals surface area contributed by atoms with Crippen LogP contribution in [0.1, 0.15) is 10.5 Å². The lowest BCUT2D eigenvalue weighted by molar-refractivity contribution is 0.100. The van der Waals surface area contributed by atoms with E-state index >= 15 is 0 Å². The maximum atomic E-state index is 12.3. The van der Waals surface area contributed by atoms with Crippen LogP contribution in [0.5, 0.6) is 0 Å². The number of para-hydroxylation sites is 1. The predicted molar refractivity (Wildman–Crippen MR) is 94.0 cm³/mol. The van der Waals surface area contributed by atoms with Gasteiger partial charge < -0.3 is 0 Å². The van der Waals surface area contributed by atoms with Crippen molar-refractivity contribution < 1.29 is 4.79 Å². The van der Waals surface area contributed by atoms with Crippen LogP contribution in [-0.2, 0) is 0 Å². The molecule has 122 valence electrons. The molecule has 0 radical (unpaired) electrons. The van der Waals surface area contributed by atoms with Gasteiger partial charge in [0.2, 0.25) is 0 Å². The fraction of sp³-hybridized carbons (Fsp3) is 0. The highest BCUT2D eigenvalue weighted by molar-refractivity contribution is 6.52. The number of halogens is 4. The highest BCUT2D eigenvalue weighted by Crippen LogP contribution is 2.36. The Morgan fingerprint density at radius 1 is 1.04 bits per heavy atom. The molecule has 0 saturated heterocycles. The number of fused-ring (bicyclic) bond motifs is 1. The van der Waals surface area contributed by atoms with Crippen molar-refractivity contribution >= 4 is 63.2 Å². The first kappa shape index (κ1) is 17.0. The first-order valence-electron chi connectivity index (χ1n) is 6.38. The maximum absolute atomic E-state index is 12.3. The molecule has 0 aliphatic carbocycles. The fourth-order valence-electron chi connectivity index (χ4n) is 1.95. The van der Waals surface area contributed by atoms with Crippen LogP contribution in [0.4, 0.5) is 0 Å². The van der Waals surface area contributed by atoms with E-state index < -0.39 is 11.5 Å². The number of pyridine rings is 1. The van der Waals surface area contributed by atoms with Crippen LogP contribution < -0.4 is 11.0 Å². The highest BCUT2D eigenvalue weighted by Gasteiger charge is 2.21. The summed E-state index contributed by atoms with van der Waals surface area (Å²) in [6.45, 7) is 0. The molecule has 3 aromatic rings. The lowest BCUT2D eigenvalue weighted by Crippen LogP contribution is -2.33. The number of aromatic nitrogens is 3. The molecule has 1 N–H and O–H groups in total. The molecule has 2 heterocycles. The van der Waals surface area contributed by atoms with Gasteiger partial charge in [-0.05, 0) is 12.1 Å². The number of amides is 1. The molecular weight excluding hydrogens is 398 g/mol. The normalized spacial score (nSPS) is 10.8. The number of hydrogen-bond acceptors (Lipinski definition) is 4. The number of carbonyl (C=O) groups excluding carboxylic acids is 1. The van der Waals surface area contributed by atoms with Gasteiger partial charge in [-0.15, -0.1) is 0 Å². The third kappa shape index (κ3) is 2.93. The number of nitrogens with one attached hydrogen (secondary N) is 1. The summed E-state index contributed by atoms with van der Waals surface area (Å²) in [4.78, 5) is 32.6. The SMILES string of the molecule is O=C(Nn1cnc2ccccc2c1=O)c1nc(Cl)c(Cl)c(Cl)c1Cl. The lowest BCUT2D eigenvalue weighted by atomic mass is 10.2. The summed E-state index contributed by atoms with van der Waals surface area (Å²) in [7, 11) is 0. The van der Waals surface area contributed by atoms with Crippen LogP contribution >= 0.6 is 46.4 Å². The Hall–Kier alpha value is -1.86. The number of hydrogen-bond donors (Lipinski definition) is 1. The number of benzene rings is 1. The van der Waals surface area contributed by atoms with Crippen molar-refractivity contribution in [2.45, 2.75) is 0 Å². The second kappa shape index (κ2) is 6.57. The Bertz CT molecular complexity index is 1040. The summed E-state index contributed by atoms with van der Waals surface area (Å²) < 4.78 is 0.916. The van der Waals surface area contributed by atoms with Gasteiger partial charge >= 0.3 is 0 Å². The van der Waals surface area contributed by atoms with E-state index in [0.29, 0.717) is 10.9 Å². The van der Waals surface area contributed by atoms with Gasteiger partial charge in [0.05, 0.1) is 26.0 Å². The molecule has 0 fully saturated rings. The zero-order valence-corrected chi connectivity index (χ0v) is 14.6. The molecule has 0 aliphatic rings. The smallest absolute Gasteiger partial charge is 0.267 e. The third-order valence-electron chi connectivity index (χ3n) is 3.09. The standard InChI is InChI=1S/C14H6Cl4N4O2/c15-8-9(16)11(20-12(18)10(8)17)13(23)21-22-5-19-7-4-2-1-3-6(7)14(22)24/h1-5H,(H,21,23). The zero-order chi connectivity index (χ0) is 17.4. The van der Waals surface area contributed by atoms with E-state index in [1.54, 1.807) is 24.3 Å². The van der Waals surface area contributed by atoms with E-state index in [-0.39, 0.29) is 25.9 Å². The molecular formula is C14H6Cl4N4O2. The van der Waals surface area contributed by atoms with E-state index in [2.05, 4.69) is 15.4 Å². The molecule has 6 nitrogen and oxygen atoms in total. The van der Waals surface area contributed by atoms with E-state index in [1.165, 1.54) is 6.33 Å². The van der Waals surface area contributed by atoms with Gasteiger partial charge in [0.25, 0.3) is 11.5 Å². The van der Waals surface area contributed by atoms with Crippen LogP contribution in [0.15, 0.2) is 35.4 Å². The minimum atomic E-state index is -0.792. The molecule has 0 aliphatic heterocycles. The summed E-state index contributed by atoms with van der Waals surface area (Å²) in [5.74, 6) is -0.792. The molecule has 0 unspecified atom stereocenters. The van der Waals surface area contributed by atoms with Gasteiger partial charge in [0.1, 0.15) is 11.5 Å². The van der Waals surface area contributed by atoms with Crippen LogP contribution in [0.2, 0.25) is 20.2 Å². The Kier molecular flexibility index (Phi) is 4.64. The second-order valence-corrected chi connectivity index (χ2v) is 6.06. The van der Waals surface area contributed by atoms with E-state index in [0.717, 1.165) is 4.68 Å². The molecule has 10 heteroatoms.